The van der Waals surface area contributed by atoms with Crippen LogP contribution in [0.5, 0.6) is 0 Å². The Kier molecular flexibility index (Phi) is 4.80. The lowest BCUT2D eigenvalue weighted by Crippen LogP contribution is -2.28. The molecule has 0 saturated carbocycles. The smallest absolute Gasteiger partial charge is 0.253 e. The van der Waals surface area contributed by atoms with Gasteiger partial charge >= 0.3 is 0 Å². The summed E-state index contributed by atoms with van der Waals surface area (Å²) in [5.74, 6) is -0.178. The molecule has 80 valence electrons. The van der Waals surface area contributed by atoms with Gasteiger partial charge in [0.1, 0.15) is 0 Å². The van der Waals surface area contributed by atoms with E-state index in [0.717, 1.165) is 5.56 Å². The molecular weight excluding hydrogens is 214 g/mol. The third-order valence-corrected chi connectivity index (χ3v) is 1.86. The first-order chi connectivity index (χ1) is 7.22. The molecule has 0 spiro atoms. The Morgan fingerprint density at radius 1 is 1.47 bits per heavy atom. The van der Waals surface area contributed by atoms with Gasteiger partial charge in [-0.2, -0.15) is 5.10 Å². The number of halogens is 1. The molecule has 0 unspecified atom stereocenters. The maximum Gasteiger partial charge on any atom is 0.253 e. The minimum Gasteiger partial charge on any atom is -0.311 e. The van der Waals surface area contributed by atoms with E-state index in [2.05, 4.69) is 15.8 Å². The lowest BCUT2D eigenvalue weighted by molar-refractivity contribution is -0.120. The standard InChI is InChI=1S/C10H12ClN3O/c1-12-7-10(15)14-13-6-8-2-4-9(11)5-3-8/h2-6,12H,7H2,1H3,(H,14,15)/b13-6-. The first-order valence-corrected chi connectivity index (χ1v) is 4.82. The summed E-state index contributed by atoms with van der Waals surface area (Å²) >= 11 is 5.71. The molecule has 0 fully saturated rings. The number of hydrogen-bond donors (Lipinski definition) is 2. The third kappa shape index (κ3) is 4.58. The highest BCUT2D eigenvalue weighted by atomic mass is 35.5. The van der Waals surface area contributed by atoms with Crippen molar-refractivity contribution in [1.82, 2.24) is 10.7 Å². The Labute approximate surface area is 93.3 Å². The van der Waals surface area contributed by atoms with E-state index < -0.39 is 0 Å². The molecule has 15 heavy (non-hydrogen) atoms. The van der Waals surface area contributed by atoms with Gasteiger partial charge in [0.05, 0.1) is 12.8 Å². The van der Waals surface area contributed by atoms with Crippen LogP contribution in [-0.2, 0) is 4.79 Å². The van der Waals surface area contributed by atoms with Crippen LogP contribution in [0.15, 0.2) is 29.4 Å². The zero-order valence-electron chi connectivity index (χ0n) is 8.33. The van der Waals surface area contributed by atoms with E-state index in [1.54, 1.807) is 25.4 Å². The van der Waals surface area contributed by atoms with Crippen LogP contribution in [0, 0.1) is 0 Å². The average molecular weight is 226 g/mol. The summed E-state index contributed by atoms with van der Waals surface area (Å²) < 4.78 is 0. The van der Waals surface area contributed by atoms with Crippen molar-refractivity contribution in [3.63, 3.8) is 0 Å². The van der Waals surface area contributed by atoms with E-state index in [0.29, 0.717) is 5.02 Å². The fraction of sp³-hybridized carbons (Fsp3) is 0.200. The van der Waals surface area contributed by atoms with Crippen molar-refractivity contribution in [2.45, 2.75) is 0 Å². The molecule has 0 aliphatic rings. The molecule has 0 atom stereocenters. The minimum atomic E-state index is -0.178. The third-order valence-electron chi connectivity index (χ3n) is 1.61. The van der Waals surface area contributed by atoms with Crippen LogP contribution in [0.4, 0.5) is 0 Å². The number of nitrogens with one attached hydrogen (secondary N) is 2. The summed E-state index contributed by atoms with van der Waals surface area (Å²) in [5.41, 5.74) is 3.26. The SMILES string of the molecule is CNCC(=O)N/N=C\c1ccc(Cl)cc1. The maximum absolute atomic E-state index is 11.0. The lowest BCUT2D eigenvalue weighted by Gasteiger charge is -1.97. The van der Waals surface area contributed by atoms with Crippen LogP contribution >= 0.6 is 11.6 Å². The van der Waals surface area contributed by atoms with Crippen molar-refractivity contribution in [2.24, 2.45) is 5.10 Å². The summed E-state index contributed by atoms with van der Waals surface area (Å²) in [5, 5.41) is 7.17. The predicted molar refractivity (Wildman–Crippen MR) is 61.1 cm³/mol. The van der Waals surface area contributed by atoms with E-state index in [9.17, 15) is 4.79 Å². The molecule has 0 saturated heterocycles. The Hall–Kier alpha value is -1.39. The molecule has 5 heteroatoms. The van der Waals surface area contributed by atoms with Crippen LogP contribution in [0.3, 0.4) is 0 Å². The number of carbonyl (C=O) groups excluding carboxylic acids is 1. The molecule has 0 aliphatic carbocycles. The van der Waals surface area contributed by atoms with E-state index in [-0.39, 0.29) is 12.5 Å². The maximum atomic E-state index is 11.0. The predicted octanol–water partition coefficient (Wildman–Crippen LogP) is 1.01. The average Bonchev–Trinajstić information content (AvgIpc) is 2.21. The Morgan fingerprint density at radius 3 is 2.73 bits per heavy atom. The molecule has 4 nitrogen and oxygen atoms in total. The van der Waals surface area contributed by atoms with Crippen molar-refractivity contribution in [1.29, 1.82) is 0 Å². The molecule has 0 bridgehead atoms. The van der Waals surface area contributed by atoms with Crippen LogP contribution < -0.4 is 10.7 Å². The van der Waals surface area contributed by atoms with E-state index in [4.69, 9.17) is 11.6 Å². The summed E-state index contributed by atoms with van der Waals surface area (Å²) in [4.78, 5) is 11.0. The molecule has 1 aromatic rings. The molecule has 1 aromatic carbocycles. The lowest BCUT2D eigenvalue weighted by atomic mass is 10.2. The summed E-state index contributed by atoms with van der Waals surface area (Å²) in [6.07, 6.45) is 1.56. The van der Waals surface area contributed by atoms with E-state index in [1.165, 1.54) is 0 Å². The molecule has 1 amide bonds. The van der Waals surface area contributed by atoms with Gasteiger partial charge in [-0.15, -0.1) is 0 Å². The van der Waals surface area contributed by atoms with Crippen molar-refractivity contribution in [3.8, 4) is 0 Å². The molecule has 0 heterocycles. The van der Waals surface area contributed by atoms with Gasteiger partial charge in [0, 0.05) is 5.02 Å². The van der Waals surface area contributed by atoms with Gasteiger partial charge in [-0.05, 0) is 24.7 Å². The molecule has 0 radical (unpaired) electrons. The number of amides is 1. The first kappa shape index (κ1) is 11.7. The van der Waals surface area contributed by atoms with Crippen LogP contribution in [0.25, 0.3) is 0 Å². The van der Waals surface area contributed by atoms with Gasteiger partial charge in [0.15, 0.2) is 0 Å². The number of hydrazone groups is 1. The van der Waals surface area contributed by atoms with Crippen molar-refractivity contribution >= 4 is 23.7 Å². The Balaban J connectivity index is 2.44. The van der Waals surface area contributed by atoms with Crippen LogP contribution in [-0.4, -0.2) is 25.7 Å². The summed E-state index contributed by atoms with van der Waals surface area (Å²) in [7, 11) is 1.70. The zero-order valence-corrected chi connectivity index (χ0v) is 9.08. The second-order valence-electron chi connectivity index (χ2n) is 2.88. The second-order valence-corrected chi connectivity index (χ2v) is 3.31. The van der Waals surface area contributed by atoms with Gasteiger partial charge in [0.25, 0.3) is 5.91 Å². The monoisotopic (exact) mass is 225 g/mol. The van der Waals surface area contributed by atoms with E-state index in [1.807, 2.05) is 12.1 Å². The number of likely N-dealkylation sites (N-methyl/N-ethyl adjacent to an activating group) is 1. The van der Waals surface area contributed by atoms with Gasteiger partial charge in [0.2, 0.25) is 0 Å². The fourth-order valence-corrected chi connectivity index (χ4v) is 1.05. The first-order valence-electron chi connectivity index (χ1n) is 4.44. The minimum absolute atomic E-state index is 0.178. The van der Waals surface area contributed by atoms with Crippen molar-refractivity contribution in [2.75, 3.05) is 13.6 Å². The van der Waals surface area contributed by atoms with Crippen molar-refractivity contribution < 1.29 is 4.79 Å². The molecule has 0 aliphatic heterocycles. The van der Waals surface area contributed by atoms with Crippen LogP contribution in [0.1, 0.15) is 5.56 Å². The summed E-state index contributed by atoms with van der Waals surface area (Å²) in [6.45, 7) is 0.248. The molecule has 0 aromatic heterocycles. The Bertz CT molecular complexity index is 348. The number of benzene rings is 1. The normalized spacial score (nSPS) is 10.5. The highest BCUT2D eigenvalue weighted by Gasteiger charge is 1.94. The highest BCUT2D eigenvalue weighted by molar-refractivity contribution is 6.30. The van der Waals surface area contributed by atoms with Gasteiger partial charge in [-0.3, -0.25) is 4.79 Å². The van der Waals surface area contributed by atoms with Gasteiger partial charge < -0.3 is 5.32 Å². The number of hydrogen-bond acceptors (Lipinski definition) is 3. The Morgan fingerprint density at radius 2 is 2.13 bits per heavy atom. The highest BCUT2D eigenvalue weighted by Crippen LogP contribution is 2.07. The molecule has 2 N–H and O–H groups in total. The van der Waals surface area contributed by atoms with Gasteiger partial charge in [-0.1, -0.05) is 23.7 Å². The number of rotatable bonds is 4. The number of nitrogens with zero attached hydrogens (tertiary/aromatic N) is 1. The quantitative estimate of drug-likeness (QED) is 0.594. The molecule has 1 rings (SSSR count). The van der Waals surface area contributed by atoms with Crippen LogP contribution in [0.2, 0.25) is 5.02 Å². The number of carbonyl (C=O) groups is 1. The zero-order chi connectivity index (χ0) is 11.1. The van der Waals surface area contributed by atoms with Gasteiger partial charge in [-0.25, -0.2) is 5.43 Å². The van der Waals surface area contributed by atoms with Crippen molar-refractivity contribution in [3.05, 3.63) is 34.9 Å². The summed E-state index contributed by atoms with van der Waals surface area (Å²) in [6, 6.07) is 7.16. The van der Waals surface area contributed by atoms with E-state index >= 15 is 0 Å². The topological polar surface area (TPSA) is 53.5 Å². The molecular formula is C10H12ClN3O. The largest absolute Gasteiger partial charge is 0.311 e. The fourth-order valence-electron chi connectivity index (χ4n) is 0.928. The second kappa shape index (κ2) is 6.16.